The van der Waals surface area contributed by atoms with E-state index in [4.69, 9.17) is 14.5 Å². The van der Waals surface area contributed by atoms with Crippen LogP contribution in [0.4, 0.5) is 0 Å². The van der Waals surface area contributed by atoms with E-state index in [1.165, 1.54) is 10.1 Å². The third-order valence-electron chi connectivity index (χ3n) is 6.79. The molecule has 0 aliphatic carbocycles. The molecule has 1 atom stereocenters. The largest absolute Gasteiger partial charge is 0.490 e. The zero-order chi connectivity index (χ0) is 28.2. The summed E-state index contributed by atoms with van der Waals surface area (Å²) >= 11 is 7.13. The molecular formula is C32H29Br2N3O3. The molecule has 0 bridgehead atoms. The van der Waals surface area contributed by atoms with Crippen LogP contribution in [0.3, 0.4) is 0 Å². The highest BCUT2D eigenvalue weighted by atomic mass is 79.9. The minimum Gasteiger partial charge on any atom is -0.490 e. The van der Waals surface area contributed by atoms with Crippen LogP contribution in [0.15, 0.2) is 91.6 Å². The Balaban J connectivity index is 1.50. The Hall–Kier alpha value is -3.49. The Morgan fingerprint density at radius 2 is 1.77 bits per heavy atom. The number of hydrogen-bond donors (Lipinski definition) is 0. The van der Waals surface area contributed by atoms with E-state index in [-0.39, 0.29) is 11.5 Å². The summed E-state index contributed by atoms with van der Waals surface area (Å²) in [6, 6.07) is 23.8. The van der Waals surface area contributed by atoms with Gasteiger partial charge < -0.3 is 9.47 Å². The molecule has 4 aromatic carbocycles. The van der Waals surface area contributed by atoms with E-state index in [0.29, 0.717) is 41.4 Å². The van der Waals surface area contributed by atoms with Gasteiger partial charge in [0.25, 0.3) is 5.56 Å². The fourth-order valence-corrected chi connectivity index (χ4v) is 5.47. The summed E-state index contributed by atoms with van der Waals surface area (Å²) in [4.78, 5) is 18.3. The minimum absolute atomic E-state index is 0.0495. The molecule has 8 heteroatoms. The predicted molar refractivity (Wildman–Crippen MR) is 169 cm³/mol. The molecule has 0 N–H and O–H groups in total. The van der Waals surface area contributed by atoms with Crippen LogP contribution in [0, 0.1) is 0 Å². The molecule has 0 aliphatic heterocycles. The third-order valence-corrected chi connectivity index (χ3v) is 7.87. The molecule has 0 aliphatic rings. The zero-order valence-corrected chi connectivity index (χ0v) is 25.7. The number of rotatable bonds is 9. The van der Waals surface area contributed by atoms with Crippen molar-refractivity contribution >= 4 is 59.7 Å². The van der Waals surface area contributed by atoms with Crippen molar-refractivity contribution in [2.75, 3.05) is 6.61 Å². The van der Waals surface area contributed by atoms with Gasteiger partial charge in [-0.3, -0.25) is 4.79 Å². The molecule has 1 heterocycles. The van der Waals surface area contributed by atoms with Gasteiger partial charge in [0.15, 0.2) is 11.5 Å². The molecule has 0 saturated carbocycles. The van der Waals surface area contributed by atoms with Crippen LogP contribution in [0.1, 0.15) is 50.1 Å². The van der Waals surface area contributed by atoms with Crippen molar-refractivity contribution in [1.29, 1.82) is 0 Å². The van der Waals surface area contributed by atoms with Crippen molar-refractivity contribution in [3.8, 4) is 11.5 Å². The molecule has 0 unspecified atom stereocenters. The quantitative estimate of drug-likeness (QED) is 0.149. The number of nitrogens with zero attached hydrogens (tertiary/aromatic N) is 3. The van der Waals surface area contributed by atoms with Gasteiger partial charge in [0, 0.05) is 10.4 Å². The van der Waals surface area contributed by atoms with E-state index in [1.807, 2.05) is 56.3 Å². The first-order valence-corrected chi connectivity index (χ1v) is 14.8. The molecule has 0 fully saturated rings. The average Bonchev–Trinajstić information content (AvgIpc) is 2.96. The van der Waals surface area contributed by atoms with Crippen molar-refractivity contribution < 1.29 is 9.47 Å². The van der Waals surface area contributed by atoms with Gasteiger partial charge in [0.1, 0.15) is 12.4 Å². The molecule has 0 saturated heterocycles. The topological polar surface area (TPSA) is 65.7 Å². The van der Waals surface area contributed by atoms with Gasteiger partial charge in [-0.05, 0) is 81.5 Å². The highest BCUT2D eigenvalue weighted by molar-refractivity contribution is 9.10. The van der Waals surface area contributed by atoms with Gasteiger partial charge in [-0.1, -0.05) is 72.2 Å². The van der Waals surface area contributed by atoms with Gasteiger partial charge >= 0.3 is 0 Å². The normalized spacial score (nSPS) is 12.3. The van der Waals surface area contributed by atoms with Gasteiger partial charge in [-0.2, -0.15) is 9.78 Å². The molecule has 0 spiro atoms. The fourth-order valence-electron chi connectivity index (χ4n) is 4.54. The van der Waals surface area contributed by atoms with Crippen LogP contribution in [0.2, 0.25) is 0 Å². The highest BCUT2D eigenvalue weighted by Gasteiger charge is 2.17. The molecule has 1 aromatic heterocycles. The van der Waals surface area contributed by atoms with Crippen LogP contribution in [-0.2, 0) is 6.61 Å². The summed E-state index contributed by atoms with van der Waals surface area (Å²) in [5, 5.41) is 7.44. The minimum atomic E-state index is -0.211. The lowest BCUT2D eigenvalue weighted by Gasteiger charge is -2.16. The van der Waals surface area contributed by atoms with Crippen molar-refractivity contribution in [2.45, 2.75) is 39.7 Å². The molecular weight excluding hydrogens is 634 g/mol. The number of halogens is 2. The maximum Gasteiger partial charge on any atom is 0.282 e. The maximum absolute atomic E-state index is 13.5. The third kappa shape index (κ3) is 5.83. The Bertz CT molecular complexity index is 1780. The van der Waals surface area contributed by atoms with Crippen molar-refractivity contribution in [1.82, 2.24) is 9.66 Å². The predicted octanol–water partition coefficient (Wildman–Crippen LogP) is 8.45. The van der Waals surface area contributed by atoms with Gasteiger partial charge in [0.2, 0.25) is 0 Å². The van der Waals surface area contributed by atoms with E-state index < -0.39 is 0 Å². The van der Waals surface area contributed by atoms with Gasteiger partial charge in [-0.25, -0.2) is 4.98 Å². The fraction of sp³-hybridized carbons (Fsp3) is 0.219. The van der Waals surface area contributed by atoms with Gasteiger partial charge in [0.05, 0.1) is 28.2 Å². The van der Waals surface area contributed by atoms with Crippen LogP contribution < -0.4 is 15.0 Å². The van der Waals surface area contributed by atoms with E-state index in [2.05, 4.69) is 68.2 Å². The summed E-state index contributed by atoms with van der Waals surface area (Å²) in [6.45, 7) is 6.90. The van der Waals surface area contributed by atoms with Gasteiger partial charge in [-0.15, -0.1) is 0 Å². The lowest BCUT2D eigenvalue weighted by Crippen LogP contribution is -2.23. The van der Waals surface area contributed by atoms with Crippen LogP contribution in [0.5, 0.6) is 11.5 Å². The van der Waals surface area contributed by atoms with E-state index in [1.54, 1.807) is 12.3 Å². The maximum atomic E-state index is 13.5. The highest BCUT2D eigenvalue weighted by Crippen LogP contribution is 2.37. The van der Waals surface area contributed by atoms with Crippen molar-refractivity contribution in [3.05, 3.63) is 109 Å². The standard InChI is InChI=1S/C32H29Br2N3O3/c1-4-20(3)31-36-28-14-13-24(33)17-26(28)32(38)37(31)35-18-21-15-27(34)30(29(16-21)39-5-2)40-19-23-11-8-10-22-9-6-7-12-25(22)23/h6-18,20H,4-5,19H2,1-3H3/t20-/m1/s1. The molecule has 5 aromatic rings. The Labute approximate surface area is 249 Å². The van der Waals surface area contributed by atoms with Crippen LogP contribution in [-0.4, -0.2) is 22.5 Å². The molecule has 6 nitrogen and oxygen atoms in total. The number of benzene rings is 4. The lowest BCUT2D eigenvalue weighted by atomic mass is 10.1. The SMILES string of the molecule is CCOc1cc(C=Nn2c([C@H](C)CC)nc3ccc(Br)cc3c2=O)cc(Br)c1OCc1cccc2ccccc12. The first kappa shape index (κ1) is 28.1. The number of fused-ring (bicyclic) bond motifs is 2. The van der Waals surface area contributed by atoms with E-state index in [9.17, 15) is 4.79 Å². The van der Waals surface area contributed by atoms with Crippen molar-refractivity contribution in [2.24, 2.45) is 5.10 Å². The molecule has 40 heavy (non-hydrogen) atoms. The summed E-state index contributed by atoms with van der Waals surface area (Å²) in [6.07, 6.45) is 2.48. The summed E-state index contributed by atoms with van der Waals surface area (Å²) in [5.41, 5.74) is 2.29. The second-order valence-corrected chi connectivity index (χ2v) is 11.3. The Kier molecular flexibility index (Phi) is 8.66. The molecule has 0 amide bonds. The summed E-state index contributed by atoms with van der Waals surface area (Å²) < 4.78 is 15.2. The number of hydrogen-bond acceptors (Lipinski definition) is 5. The number of aromatic nitrogens is 2. The van der Waals surface area contributed by atoms with Crippen LogP contribution in [0.25, 0.3) is 21.7 Å². The first-order valence-electron chi connectivity index (χ1n) is 13.2. The molecule has 5 rings (SSSR count). The second-order valence-electron chi connectivity index (χ2n) is 9.49. The van der Waals surface area contributed by atoms with Crippen LogP contribution >= 0.6 is 31.9 Å². The summed E-state index contributed by atoms with van der Waals surface area (Å²) in [5.74, 6) is 1.88. The lowest BCUT2D eigenvalue weighted by molar-refractivity contribution is 0.268. The second kappa shape index (κ2) is 12.4. The van der Waals surface area contributed by atoms with E-state index in [0.717, 1.165) is 31.9 Å². The average molecular weight is 663 g/mol. The Morgan fingerprint density at radius 3 is 2.58 bits per heavy atom. The van der Waals surface area contributed by atoms with Crippen molar-refractivity contribution in [3.63, 3.8) is 0 Å². The Morgan fingerprint density at radius 1 is 0.975 bits per heavy atom. The zero-order valence-electron chi connectivity index (χ0n) is 22.5. The number of ether oxygens (including phenoxy) is 2. The molecule has 204 valence electrons. The van der Waals surface area contributed by atoms with E-state index >= 15 is 0 Å². The molecule has 0 radical (unpaired) electrons. The smallest absolute Gasteiger partial charge is 0.282 e. The first-order chi connectivity index (χ1) is 19.4. The monoisotopic (exact) mass is 661 g/mol. The summed E-state index contributed by atoms with van der Waals surface area (Å²) in [7, 11) is 0.